The van der Waals surface area contributed by atoms with E-state index in [9.17, 15) is 22.8 Å². The fourth-order valence-corrected chi connectivity index (χ4v) is 2.53. The molecule has 0 spiro atoms. The molecular weight excluding hydrogens is 341 g/mol. The number of hydrogen-bond acceptors (Lipinski definition) is 3. The zero-order valence-electron chi connectivity index (χ0n) is 13.5. The van der Waals surface area contributed by atoms with Crippen molar-refractivity contribution in [2.45, 2.75) is 25.6 Å². The molecule has 1 aliphatic heterocycles. The lowest BCUT2D eigenvalue weighted by atomic mass is 10.1. The topological polar surface area (TPSA) is 78.9 Å². The first-order valence-electron chi connectivity index (χ1n) is 7.75. The van der Waals surface area contributed by atoms with Gasteiger partial charge in [0.25, 0.3) is 0 Å². The van der Waals surface area contributed by atoms with Gasteiger partial charge in [0.15, 0.2) is 0 Å². The van der Waals surface area contributed by atoms with E-state index in [-0.39, 0.29) is 18.9 Å². The minimum atomic E-state index is -4.52. The van der Waals surface area contributed by atoms with Gasteiger partial charge in [-0.1, -0.05) is 12.1 Å². The molecule has 2 atom stereocenters. The van der Waals surface area contributed by atoms with Crippen molar-refractivity contribution in [3.63, 3.8) is 0 Å². The zero-order chi connectivity index (χ0) is 18.6. The molecule has 0 aromatic heterocycles. The standard InChI is InChI=1S/C16H19F3N2O4/c1-10(20-15(24)21-7-6-11(8-21)14(22)23)9-25-13-5-3-2-4-12(13)16(17,18)19/h2-5,10-11H,6-9H2,1H3,(H,20,24)(H,22,23). The van der Waals surface area contributed by atoms with Crippen LogP contribution in [0.4, 0.5) is 18.0 Å². The number of ether oxygens (including phenoxy) is 1. The molecule has 6 nitrogen and oxygen atoms in total. The maximum atomic E-state index is 12.9. The highest BCUT2D eigenvalue weighted by atomic mass is 19.4. The van der Waals surface area contributed by atoms with Crippen molar-refractivity contribution in [3.8, 4) is 5.75 Å². The third-order valence-corrected chi connectivity index (χ3v) is 3.88. The smallest absolute Gasteiger partial charge is 0.419 e. The summed E-state index contributed by atoms with van der Waals surface area (Å²) in [4.78, 5) is 24.3. The predicted molar refractivity (Wildman–Crippen MR) is 82.2 cm³/mol. The molecule has 1 fully saturated rings. The molecule has 0 bridgehead atoms. The molecule has 1 aromatic carbocycles. The van der Waals surface area contributed by atoms with Gasteiger partial charge in [-0.25, -0.2) is 4.79 Å². The Hall–Kier alpha value is -2.45. The lowest BCUT2D eigenvalue weighted by Crippen LogP contribution is -2.45. The van der Waals surface area contributed by atoms with Gasteiger partial charge >= 0.3 is 18.2 Å². The van der Waals surface area contributed by atoms with Gasteiger partial charge in [0.1, 0.15) is 12.4 Å². The van der Waals surface area contributed by atoms with Crippen molar-refractivity contribution < 1.29 is 32.6 Å². The van der Waals surface area contributed by atoms with Crippen molar-refractivity contribution in [1.82, 2.24) is 10.2 Å². The Bertz CT molecular complexity index is 636. The highest BCUT2D eigenvalue weighted by molar-refractivity contribution is 5.77. The van der Waals surface area contributed by atoms with E-state index in [0.29, 0.717) is 13.0 Å². The number of halogens is 3. The van der Waals surface area contributed by atoms with E-state index in [1.54, 1.807) is 6.92 Å². The number of urea groups is 1. The van der Waals surface area contributed by atoms with Crippen LogP contribution in [0.3, 0.4) is 0 Å². The van der Waals surface area contributed by atoms with Crippen LogP contribution in [0, 0.1) is 5.92 Å². The van der Waals surface area contributed by atoms with Gasteiger partial charge < -0.3 is 20.1 Å². The second-order valence-electron chi connectivity index (χ2n) is 5.93. The second kappa shape index (κ2) is 7.62. The summed E-state index contributed by atoms with van der Waals surface area (Å²) in [6, 6.07) is 3.85. The number of aliphatic carboxylic acids is 1. The van der Waals surface area contributed by atoms with Crippen LogP contribution in [0.5, 0.6) is 5.75 Å². The lowest BCUT2D eigenvalue weighted by Gasteiger charge is -2.21. The number of hydrogen-bond donors (Lipinski definition) is 2. The molecule has 1 saturated heterocycles. The molecule has 0 aliphatic carbocycles. The van der Waals surface area contributed by atoms with Crippen LogP contribution < -0.4 is 10.1 Å². The summed E-state index contributed by atoms with van der Waals surface area (Å²) >= 11 is 0. The number of amides is 2. The van der Waals surface area contributed by atoms with Crippen LogP contribution in [-0.2, 0) is 11.0 Å². The summed E-state index contributed by atoms with van der Waals surface area (Å²) in [6.45, 7) is 1.90. The number of nitrogens with one attached hydrogen (secondary N) is 1. The van der Waals surface area contributed by atoms with Gasteiger partial charge in [0.05, 0.1) is 17.5 Å². The Morgan fingerprint density at radius 3 is 2.68 bits per heavy atom. The molecule has 1 aromatic rings. The van der Waals surface area contributed by atoms with Crippen molar-refractivity contribution in [2.75, 3.05) is 19.7 Å². The Morgan fingerprint density at radius 2 is 2.08 bits per heavy atom. The minimum Gasteiger partial charge on any atom is -0.491 e. The largest absolute Gasteiger partial charge is 0.491 e. The summed E-state index contributed by atoms with van der Waals surface area (Å²) in [7, 11) is 0. The molecule has 2 unspecified atom stereocenters. The highest BCUT2D eigenvalue weighted by Gasteiger charge is 2.34. The zero-order valence-corrected chi connectivity index (χ0v) is 13.5. The van der Waals surface area contributed by atoms with Crippen LogP contribution in [0.2, 0.25) is 0 Å². The average molecular weight is 360 g/mol. The minimum absolute atomic E-state index is 0.117. The van der Waals surface area contributed by atoms with Crippen LogP contribution >= 0.6 is 0 Å². The van der Waals surface area contributed by atoms with Crippen molar-refractivity contribution in [3.05, 3.63) is 29.8 Å². The third-order valence-electron chi connectivity index (χ3n) is 3.88. The van der Waals surface area contributed by atoms with Gasteiger partial charge in [0.2, 0.25) is 0 Å². The molecule has 2 N–H and O–H groups in total. The number of carboxylic acid groups (broad SMARTS) is 1. The summed E-state index contributed by atoms with van der Waals surface area (Å²) < 4.78 is 43.9. The van der Waals surface area contributed by atoms with Gasteiger partial charge in [-0.15, -0.1) is 0 Å². The number of carbonyl (C=O) groups is 2. The number of rotatable bonds is 5. The van der Waals surface area contributed by atoms with E-state index >= 15 is 0 Å². The van der Waals surface area contributed by atoms with Gasteiger partial charge in [-0.05, 0) is 25.5 Å². The van der Waals surface area contributed by atoms with E-state index in [4.69, 9.17) is 9.84 Å². The molecule has 9 heteroatoms. The van der Waals surface area contributed by atoms with Crippen molar-refractivity contribution in [1.29, 1.82) is 0 Å². The van der Waals surface area contributed by atoms with Crippen molar-refractivity contribution in [2.24, 2.45) is 5.92 Å². The predicted octanol–water partition coefficient (Wildman–Crippen LogP) is 2.59. The van der Waals surface area contributed by atoms with Gasteiger partial charge in [0, 0.05) is 13.1 Å². The first-order valence-corrected chi connectivity index (χ1v) is 7.75. The molecule has 0 radical (unpaired) electrons. The quantitative estimate of drug-likeness (QED) is 0.846. The molecule has 25 heavy (non-hydrogen) atoms. The number of para-hydroxylation sites is 1. The molecule has 1 aliphatic rings. The Balaban J connectivity index is 1.86. The number of carboxylic acids is 1. The van der Waals surface area contributed by atoms with E-state index in [1.165, 1.54) is 23.1 Å². The summed E-state index contributed by atoms with van der Waals surface area (Å²) in [5, 5.41) is 11.5. The first-order chi connectivity index (χ1) is 11.7. The van der Waals surface area contributed by atoms with E-state index in [1.807, 2.05) is 0 Å². The summed E-state index contributed by atoms with van der Waals surface area (Å²) in [5.41, 5.74) is -0.877. The van der Waals surface area contributed by atoms with Crippen LogP contribution in [0.1, 0.15) is 18.9 Å². The Kier molecular flexibility index (Phi) is 5.76. The van der Waals surface area contributed by atoms with Crippen molar-refractivity contribution >= 4 is 12.0 Å². The summed E-state index contributed by atoms with van der Waals surface area (Å²) in [5.74, 6) is -1.84. The highest BCUT2D eigenvalue weighted by Crippen LogP contribution is 2.35. The van der Waals surface area contributed by atoms with E-state index in [2.05, 4.69) is 5.32 Å². The first kappa shape index (κ1) is 18.9. The Labute approximate surface area is 142 Å². The molecule has 1 heterocycles. The maximum absolute atomic E-state index is 12.9. The Morgan fingerprint density at radius 1 is 1.40 bits per heavy atom. The molecule has 138 valence electrons. The lowest BCUT2D eigenvalue weighted by molar-refractivity contribution is -0.141. The van der Waals surface area contributed by atoms with Crippen LogP contribution in [-0.4, -0.2) is 47.7 Å². The van der Waals surface area contributed by atoms with E-state index < -0.39 is 35.7 Å². The normalized spacial score (nSPS) is 18.7. The maximum Gasteiger partial charge on any atom is 0.419 e. The SMILES string of the molecule is CC(COc1ccccc1C(F)(F)F)NC(=O)N1CCC(C(=O)O)C1. The van der Waals surface area contributed by atoms with Gasteiger partial charge in [-0.2, -0.15) is 13.2 Å². The number of likely N-dealkylation sites (tertiary alicyclic amines) is 1. The number of benzene rings is 1. The second-order valence-corrected chi connectivity index (χ2v) is 5.93. The molecule has 2 rings (SSSR count). The summed E-state index contributed by atoms with van der Waals surface area (Å²) in [6.07, 6.45) is -4.14. The van der Waals surface area contributed by atoms with Crippen LogP contribution in [0.15, 0.2) is 24.3 Å². The number of carbonyl (C=O) groups excluding carboxylic acids is 1. The molecule has 2 amide bonds. The van der Waals surface area contributed by atoms with Gasteiger partial charge in [-0.3, -0.25) is 4.79 Å². The monoisotopic (exact) mass is 360 g/mol. The molecular formula is C16H19F3N2O4. The average Bonchev–Trinajstić information content (AvgIpc) is 3.02. The number of nitrogens with zero attached hydrogens (tertiary/aromatic N) is 1. The fourth-order valence-electron chi connectivity index (χ4n) is 2.53. The van der Waals surface area contributed by atoms with E-state index in [0.717, 1.165) is 6.07 Å². The fraction of sp³-hybridized carbons (Fsp3) is 0.500. The number of alkyl halides is 3. The van der Waals surface area contributed by atoms with Crippen LogP contribution in [0.25, 0.3) is 0 Å². The molecule has 0 saturated carbocycles. The third kappa shape index (κ3) is 5.01.